The van der Waals surface area contributed by atoms with E-state index < -0.39 is 11.9 Å². The zero-order chi connectivity index (χ0) is 27.4. The Morgan fingerprint density at radius 1 is 0.897 bits per heavy atom. The number of hydrogen-bond acceptors (Lipinski definition) is 5. The second-order valence-corrected chi connectivity index (χ2v) is 11.1. The van der Waals surface area contributed by atoms with Crippen molar-refractivity contribution in [2.45, 2.75) is 52.6 Å². The molecule has 3 aromatic carbocycles. The number of esters is 1. The number of nitrogens with one attached hydrogen (secondary N) is 1. The normalized spacial score (nSPS) is 18.3. The van der Waals surface area contributed by atoms with Gasteiger partial charge in [-0.15, -0.1) is 0 Å². The summed E-state index contributed by atoms with van der Waals surface area (Å²) >= 11 is 0. The lowest BCUT2D eigenvalue weighted by atomic mass is 9.68. The van der Waals surface area contributed by atoms with Crippen molar-refractivity contribution >= 4 is 11.8 Å². The first-order chi connectivity index (χ1) is 18.8. The maximum atomic E-state index is 13.5. The van der Waals surface area contributed by atoms with E-state index in [2.05, 4.69) is 19.2 Å². The molecule has 0 fully saturated rings. The minimum absolute atomic E-state index is 0.0743. The van der Waals surface area contributed by atoms with Crippen LogP contribution in [0.1, 0.15) is 56.2 Å². The number of carbonyl (C=O) groups is 2. The van der Waals surface area contributed by atoms with Gasteiger partial charge in [-0.2, -0.15) is 0 Å². The lowest BCUT2D eigenvalue weighted by Crippen LogP contribution is -2.38. The largest absolute Gasteiger partial charge is 0.489 e. The molecule has 1 aliphatic heterocycles. The molecular formula is C34H35NO4. The molecule has 200 valence electrons. The number of carbonyl (C=O) groups excluding carboxylic acids is 2. The van der Waals surface area contributed by atoms with Gasteiger partial charge in [0.1, 0.15) is 12.4 Å². The Balaban J connectivity index is 1.41. The molecule has 0 bridgehead atoms. The fraction of sp³-hybridized carbons (Fsp3) is 0.294. The third-order valence-corrected chi connectivity index (χ3v) is 7.39. The highest BCUT2D eigenvalue weighted by Gasteiger charge is 2.43. The van der Waals surface area contributed by atoms with Crippen molar-refractivity contribution in [2.24, 2.45) is 5.41 Å². The molecule has 2 aliphatic rings. The van der Waals surface area contributed by atoms with Crippen LogP contribution in [0.4, 0.5) is 0 Å². The summed E-state index contributed by atoms with van der Waals surface area (Å²) in [7, 11) is 0. The predicted molar refractivity (Wildman–Crippen MR) is 152 cm³/mol. The summed E-state index contributed by atoms with van der Waals surface area (Å²) < 4.78 is 11.8. The first kappa shape index (κ1) is 26.5. The summed E-state index contributed by atoms with van der Waals surface area (Å²) in [5.74, 6) is -0.0773. The van der Waals surface area contributed by atoms with Gasteiger partial charge < -0.3 is 14.8 Å². The minimum Gasteiger partial charge on any atom is -0.489 e. The summed E-state index contributed by atoms with van der Waals surface area (Å²) in [5, 5.41) is 3.41. The SMILES string of the molecule is CC1=C(C(=O)OCCc2ccccc2)C(c2ccc(OCc3ccccc3)cc2)C2=C(CC(C)(C)CC2=O)N1. The van der Waals surface area contributed by atoms with Gasteiger partial charge in [-0.1, -0.05) is 86.6 Å². The molecule has 0 amide bonds. The zero-order valence-electron chi connectivity index (χ0n) is 22.8. The van der Waals surface area contributed by atoms with Crippen molar-refractivity contribution < 1.29 is 19.1 Å². The third-order valence-electron chi connectivity index (χ3n) is 7.39. The Kier molecular flexibility index (Phi) is 7.69. The van der Waals surface area contributed by atoms with E-state index in [-0.39, 0.29) is 17.8 Å². The van der Waals surface area contributed by atoms with Gasteiger partial charge in [0.15, 0.2) is 5.78 Å². The first-order valence-electron chi connectivity index (χ1n) is 13.5. The van der Waals surface area contributed by atoms with Crippen LogP contribution in [0.25, 0.3) is 0 Å². The van der Waals surface area contributed by atoms with Crippen molar-refractivity contribution in [1.29, 1.82) is 0 Å². The Bertz CT molecular complexity index is 1400. The van der Waals surface area contributed by atoms with Crippen LogP contribution in [0.5, 0.6) is 5.75 Å². The highest BCUT2D eigenvalue weighted by atomic mass is 16.5. The molecular weight excluding hydrogens is 486 g/mol. The minimum atomic E-state index is -0.489. The molecule has 1 aliphatic carbocycles. The number of allylic oxidation sites excluding steroid dienone is 3. The van der Waals surface area contributed by atoms with E-state index in [1.807, 2.05) is 91.9 Å². The molecule has 0 spiro atoms. The molecule has 0 saturated heterocycles. The fourth-order valence-corrected chi connectivity index (χ4v) is 5.52. The van der Waals surface area contributed by atoms with Crippen LogP contribution in [0.2, 0.25) is 0 Å². The number of Topliss-reactive ketones (excluding diaryl/α,β-unsaturated/α-hetero) is 1. The maximum absolute atomic E-state index is 13.5. The highest BCUT2D eigenvalue weighted by Crippen LogP contribution is 2.47. The molecule has 0 saturated carbocycles. The summed E-state index contributed by atoms with van der Waals surface area (Å²) in [6, 6.07) is 27.7. The van der Waals surface area contributed by atoms with Crippen LogP contribution in [-0.4, -0.2) is 18.4 Å². The molecule has 0 radical (unpaired) electrons. The van der Waals surface area contributed by atoms with E-state index in [1.165, 1.54) is 0 Å². The molecule has 1 heterocycles. The highest BCUT2D eigenvalue weighted by molar-refractivity contribution is 6.04. The standard InChI is InChI=1S/C34H35NO4/c1-23-30(33(37)38-19-18-24-10-6-4-7-11-24)31(32-28(35-23)20-34(2,3)21-29(32)36)26-14-16-27(17-15-26)39-22-25-12-8-5-9-13-25/h4-17,31,35H,18-22H2,1-3H3. The maximum Gasteiger partial charge on any atom is 0.336 e. The molecule has 3 aromatic rings. The number of hydrogen-bond donors (Lipinski definition) is 1. The molecule has 5 nitrogen and oxygen atoms in total. The summed E-state index contributed by atoms with van der Waals surface area (Å²) in [6.45, 7) is 6.85. The van der Waals surface area contributed by atoms with Crippen LogP contribution < -0.4 is 10.1 Å². The number of dihydropyridines is 1. The lowest BCUT2D eigenvalue weighted by Gasteiger charge is -2.39. The van der Waals surface area contributed by atoms with Crippen LogP contribution in [0.3, 0.4) is 0 Å². The average Bonchev–Trinajstić information content (AvgIpc) is 2.92. The Morgan fingerprint density at radius 3 is 2.21 bits per heavy atom. The monoisotopic (exact) mass is 521 g/mol. The molecule has 5 rings (SSSR count). The van der Waals surface area contributed by atoms with E-state index in [0.29, 0.717) is 30.6 Å². The van der Waals surface area contributed by atoms with Crippen molar-refractivity contribution in [3.63, 3.8) is 0 Å². The van der Waals surface area contributed by atoms with Gasteiger partial charge in [0.25, 0.3) is 0 Å². The van der Waals surface area contributed by atoms with Gasteiger partial charge in [-0.25, -0.2) is 4.79 Å². The quantitative estimate of drug-likeness (QED) is 0.336. The Labute approximate surface area is 230 Å². The predicted octanol–water partition coefficient (Wildman–Crippen LogP) is 6.66. The topological polar surface area (TPSA) is 64.6 Å². The second-order valence-electron chi connectivity index (χ2n) is 11.1. The van der Waals surface area contributed by atoms with Gasteiger partial charge in [-0.05, 0) is 47.6 Å². The molecule has 1 atom stereocenters. The zero-order valence-corrected chi connectivity index (χ0v) is 22.8. The van der Waals surface area contributed by atoms with E-state index >= 15 is 0 Å². The van der Waals surface area contributed by atoms with Gasteiger partial charge in [-0.3, -0.25) is 4.79 Å². The average molecular weight is 522 g/mol. The first-order valence-corrected chi connectivity index (χ1v) is 13.5. The summed E-state index contributed by atoms with van der Waals surface area (Å²) in [5.41, 5.74) is 5.73. The second kappa shape index (κ2) is 11.3. The van der Waals surface area contributed by atoms with E-state index in [1.54, 1.807) is 0 Å². The van der Waals surface area contributed by atoms with Crippen LogP contribution >= 0.6 is 0 Å². The summed E-state index contributed by atoms with van der Waals surface area (Å²) in [6.07, 6.45) is 1.82. The number of rotatable bonds is 8. The Hall–Kier alpha value is -4.12. The molecule has 39 heavy (non-hydrogen) atoms. The van der Waals surface area contributed by atoms with E-state index in [9.17, 15) is 9.59 Å². The fourth-order valence-electron chi connectivity index (χ4n) is 5.52. The molecule has 0 aromatic heterocycles. The Morgan fingerprint density at radius 2 is 1.54 bits per heavy atom. The lowest BCUT2D eigenvalue weighted by molar-refractivity contribution is -0.139. The van der Waals surface area contributed by atoms with Gasteiger partial charge in [0.05, 0.1) is 12.2 Å². The van der Waals surface area contributed by atoms with Crippen LogP contribution in [0, 0.1) is 5.41 Å². The van der Waals surface area contributed by atoms with Crippen molar-refractivity contribution in [2.75, 3.05) is 6.61 Å². The van der Waals surface area contributed by atoms with E-state index in [0.717, 1.165) is 40.3 Å². The van der Waals surface area contributed by atoms with Gasteiger partial charge in [0, 0.05) is 35.7 Å². The third kappa shape index (κ3) is 6.14. The van der Waals surface area contributed by atoms with Crippen LogP contribution in [-0.2, 0) is 27.4 Å². The van der Waals surface area contributed by atoms with Crippen molar-refractivity contribution in [3.05, 3.63) is 124 Å². The number of ketones is 1. The van der Waals surface area contributed by atoms with Crippen molar-refractivity contribution in [3.8, 4) is 5.75 Å². The smallest absolute Gasteiger partial charge is 0.336 e. The summed E-state index contributed by atoms with van der Waals surface area (Å²) in [4.78, 5) is 27.1. The van der Waals surface area contributed by atoms with E-state index in [4.69, 9.17) is 9.47 Å². The molecule has 1 N–H and O–H groups in total. The molecule has 1 unspecified atom stereocenters. The number of ether oxygens (including phenoxy) is 2. The van der Waals surface area contributed by atoms with Gasteiger partial charge >= 0.3 is 5.97 Å². The number of benzene rings is 3. The van der Waals surface area contributed by atoms with Crippen LogP contribution in [0.15, 0.2) is 107 Å². The van der Waals surface area contributed by atoms with Gasteiger partial charge in [0.2, 0.25) is 0 Å². The molecule has 5 heteroatoms. The van der Waals surface area contributed by atoms with Crippen molar-refractivity contribution in [1.82, 2.24) is 5.32 Å².